The zero-order valence-electron chi connectivity index (χ0n) is 8.81. The van der Waals surface area contributed by atoms with Crippen molar-refractivity contribution >= 4 is 17.3 Å². The van der Waals surface area contributed by atoms with Crippen molar-refractivity contribution in [2.45, 2.75) is 13.5 Å². The van der Waals surface area contributed by atoms with Crippen molar-refractivity contribution in [3.63, 3.8) is 0 Å². The fourth-order valence-corrected chi connectivity index (χ4v) is 1.62. The van der Waals surface area contributed by atoms with Crippen molar-refractivity contribution in [3.8, 4) is 0 Å². The summed E-state index contributed by atoms with van der Waals surface area (Å²) < 4.78 is 0. The summed E-state index contributed by atoms with van der Waals surface area (Å²) in [7, 11) is 0. The Labute approximate surface area is 98.7 Å². The first-order chi connectivity index (χ1) is 7.77. The van der Waals surface area contributed by atoms with Gasteiger partial charge in [-0.1, -0.05) is 11.6 Å². The minimum atomic E-state index is 0.483. The van der Waals surface area contributed by atoms with Crippen LogP contribution in [0.2, 0.25) is 5.15 Å². The minimum absolute atomic E-state index is 0.483. The third kappa shape index (κ3) is 2.46. The number of hydrogen-bond acceptors (Lipinski definition) is 4. The molecule has 0 atom stereocenters. The highest BCUT2D eigenvalue weighted by Gasteiger charge is 2.04. The van der Waals surface area contributed by atoms with Crippen molar-refractivity contribution in [1.29, 1.82) is 0 Å². The van der Waals surface area contributed by atoms with Crippen LogP contribution in [0.1, 0.15) is 11.1 Å². The van der Waals surface area contributed by atoms with Crippen molar-refractivity contribution in [2.75, 3.05) is 5.32 Å². The van der Waals surface area contributed by atoms with Crippen molar-refractivity contribution in [2.24, 2.45) is 0 Å². The molecule has 5 heteroatoms. The largest absolute Gasteiger partial charge is 0.378 e. The van der Waals surface area contributed by atoms with E-state index in [-0.39, 0.29) is 0 Å². The molecule has 0 unspecified atom stereocenters. The van der Waals surface area contributed by atoms with Gasteiger partial charge in [-0.25, -0.2) is 15.0 Å². The van der Waals surface area contributed by atoms with E-state index in [1.807, 2.05) is 13.0 Å². The van der Waals surface area contributed by atoms with Gasteiger partial charge in [-0.05, 0) is 18.6 Å². The van der Waals surface area contributed by atoms with Crippen LogP contribution in [-0.2, 0) is 6.54 Å². The first-order valence-corrected chi connectivity index (χ1v) is 5.24. The molecule has 2 heterocycles. The minimum Gasteiger partial charge on any atom is -0.378 e. The number of nitrogens with one attached hydrogen (secondary N) is 1. The summed E-state index contributed by atoms with van der Waals surface area (Å²) >= 11 is 5.99. The number of aryl methyl sites for hydroxylation is 1. The standard InChI is InChI=1S/C11H11ClN4/c1-8-2-3-15-11(12)10(8)16-6-9-4-13-7-14-5-9/h2-5,7,16H,6H2,1H3. The Bertz CT molecular complexity index is 452. The zero-order chi connectivity index (χ0) is 11.4. The van der Waals surface area contributed by atoms with Crippen LogP contribution in [0.15, 0.2) is 31.0 Å². The Morgan fingerprint density at radius 1 is 1.31 bits per heavy atom. The SMILES string of the molecule is Cc1ccnc(Cl)c1NCc1cncnc1. The molecule has 0 aliphatic heterocycles. The number of halogens is 1. The maximum atomic E-state index is 5.99. The van der Waals surface area contributed by atoms with E-state index in [4.69, 9.17) is 11.6 Å². The summed E-state index contributed by atoms with van der Waals surface area (Å²) in [5.41, 5.74) is 2.92. The van der Waals surface area contributed by atoms with Gasteiger partial charge < -0.3 is 5.32 Å². The van der Waals surface area contributed by atoms with Crippen LogP contribution >= 0.6 is 11.6 Å². The van der Waals surface area contributed by atoms with Crippen LogP contribution in [0.25, 0.3) is 0 Å². The molecule has 82 valence electrons. The van der Waals surface area contributed by atoms with Crippen LogP contribution < -0.4 is 5.32 Å². The number of hydrogen-bond donors (Lipinski definition) is 1. The Morgan fingerprint density at radius 2 is 2.06 bits per heavy atom. The molecule has 1 N–H and O–H groups in total. The van der Waals surface area contributed by atoms with Crippen LogP contribution in [0.5, 0.6) is 0 Å². The topological polar surface area (TPSA) is 50.7 Å². The van der Waals surface area contributed by atoms with Gasteiger partial charge in [-0.15, -0.1) is 0 Å². The highest BCUT2D eigenvalue weighted by atomic mass is 35.5. The lowest BCUT2D eigenvalue weighted by Crippen LogP contribution is -2.03. The molecule has 0 aliphatic carbocycles. The monoisotopic (exact) mass is 234 g/mol. The second-order valence-electron chi connectivity index (χ2n) is 3.39. The van der Waals surface area contributed by atoms with E-state index in [1.165, 1.54) is 6.33 Å². The lowest BCUT2D eigenvalue weighted by molar-refractivity contribution is 1.04. The smallest absolute Gasteiger partial charge is 0.152 e. The lowest BCUT2D eigenvalue weighted by Gasteiger charge is -2.09. The van der Waals surface area contributed by atoms with E-state index in [2.05, 4.69) is 20.3 Å². The van der Waals surface area contributed by atoms with Crippen LogP contribution in [-0.4, -0.2) is 15.0 Å². The number of pyridine rings is 1. The molecule has 16 heavy (non-hydrogen) atoms. The van der Waals surface area contributed by atoms with Gasteiger partial charge in [0.2, 0.25) is 0 Å². The third-order valence-electron chi connectivity index (χ3n) is 2.20. The molecule has 0 amide bonds. The predicted molar refractivity (Wildman–Crippen MR) is 63.3 cm³/mol. The van der Waals surface area contributed by atoms with Crippen molar-refractivity contribution in [3.05, 3.63) is 47.3 Å². The molecule has 2 aromatic heterocycles. The molecule has 0 aliphatic rings. The molecule has 0 bridgehead atoms. The Kier molecular flexibility index (Phi) is 3.31. The van der Waals surface area contributed by atoms with Crippen molar-refractivity contribution < 1.29 is 0 Å². The van der Waals surface area contributed by atoms with Gasteiger partial charge in [-0.3, -0.25) is 0 Å². The summed E-state index contributed by atoms with van der Waals surface area (Å²) in [6, 6.07) is 1.91. The van der Waals surface area contributed by atoms with E-state index in [0.29, 0.717) is 11.7 Å². The van der Waals surface area contributed by atoms with E-state index in [0.717, 1.165) is 16.8 Å². The van der Waals surface area contributed by atoms with E-state index in [9.17, 15) is 0 Å². The normalized spacial score (nSPS) is 10.1. The molecule has 2 rings (SSSR count). The number of anilines is 1. The molecule has 4 nitrogen and oxygen atoms in total. The maximum Gasteiger partial charge on any atom is 0.152 e. The highest BCUT2D eigenvalue weighted by Crippen LogP contribution is 2.23. The summed E-state index contributed by atoms with van der Waals surface area (Å²) in [6.07, 6.45) is 6.72. The van der Waals surface area contributed by atoms with Crippen LogP contribution in [0.3, 0.4) is 0 Å². The van der Waals surface area contributed by atoms with Gasteiger partial charge in [0.15, 0.2) is 5.15 Å². The number of rotatable bonds is 3. The van der Waals surface area contributed by atoms with E-state index >= 15 is 0 Å². The lowest BCUT2D eigenvalue weighted by atomic mass is 10.2. The molecular formula is C11H11ClN4. The quantitative estimate of drug-likeness (QED) is 0.829. The van der Waals surface area contributed by atoms with Crippen LogP contribution in [0, 0.1) is 6.92 Å². The van der Waals surface area contributed by atoms with Crippen LogP contribution in [0.4, 0.5) is 5.69 Å². The summed E-state index contributed by atoms with van der Waals surface area (Å²) in [5.74, 6) is 0. The van der Waals surface area contributed by atoms with E-state index < -0.39 is 0 Å². The predicted octanol–water partition coefficient (Wildman–Crippen LogP) is 2.45. The van der Waals surface area contributed by atoms with Gasteiger partial charge in [-0.2, -0.15) is 0 Å². The highest BCUT2D eigenvalue weighted by molar-refractivity contribution is 6.32. The zero-order valence-corrected chi connectivity index (χ0v) is 9.57. The van der Waals surface area contributed by atoms with E-state index in [1.54, 1.807) is 18.6 Å². The summed E-state index contributed by atoms with van der Waals surface area (Å²) in [4.78, 5) is 11.9. The van der Waals surface area contributed by atoms with Gasteiger partial charge in [0, 0.05) is 30.7 Å². The molecule has 2 aromatic rings. The third-order valence-corrected chi connectivity index (χ3v) is 2.48. The fraction of sp³-hybridized carbons (Fsp3) is 0.182. The average molecular weight is 235 g/mol. The molecule has 0 radical (unpaired) electrons. The number of nitrogens with zero attached hydrogens (tertiary/aromatic N) is 3. The van der Waals surface area contributed by atoms with Gasteiger partial charge in [0.05, 0.1) is 5.69 Å². The van der Waals surface area contributed by atoms with Gasteiger partial charge in [0.25, 0.3) is 0 Å². The Balaban J connectivity index is 2.11. The second kappa shape index (κ2) is 4.90. The molecule has 0 fully saturated rings. The Morgan fingerprint density at radius 3 is 2.75 bits per heavy atom. The van der Waals surface area contributed by atoms with Gasteiger partial charge in [0.1, 0.15) is 6.33 Å². The molecular weight excluding hydrogens is 224 g/mol. The molecule has 0 saturated carbocycles. The first kappa shape index (κ1) is 10.8. The molecule has 0 aromatic carbocycles. The fourth-order valence-electron chi connectivity index (χ4n) is 1.35. The summed E-state index contributed by atoms with van der Waals surface area (Å²) in [5, 5.41) is 3.71. The molecule has 0 spiro atoms. The second-order valence-corrected chi connectivity index (χ2v) is 3.75. The first-order valence-electron chi connectivity index (χ1n) is 4.86. The molecule has 0 saturated heterocycles. The number of aromatic nitrogens is 3. The maximum absolute atomic E-state index is 5.99. The van der Waals surface area contributed by atoms with Crippen molar-refractivity contribution in [1.82, 2.24) is 15.0 Å². The van der Waals surface area contributed by atoms with Gasteiger partial charge >= 0.3 is 0 Å². The Hall–Kier alpha value is -1.68. The average Bonchev–Trinajstić information content (AvgIpc) is 2.30. The summed E-state index contributed by atoms with van der Waals surface area (Å²) in [6.45, 7) is 2.62.